The zero-order valence-corrected chi connectivity index (χ0v) is 9.50. The van der Waals surface area contributed by atoms with Gasteiger partial charge in [-0.15, -0.1) is 0 Å². The van der Waals surface area contributed by atoms with Crippen molar-refractivity contribution >= 4 is 15.9 Å². The first-order valence-electron chi connectivity index (χ1n) is 4.29. The Hall–Kier alpha value is -0.540. The van der Waals surface area contributed by atoms with E-state index in [4.69, 9.17) is 0 Å². The second-order valence-electron chi connectivity index (χ2n) is 3.10. The van der Waals surface area contributed by atoms with E-state index >= 15 is 0 Å². The van der Waals surface area contributed by atoms with Crippen LogP contribution in [-0.2, 0) is 6.54 Å². The quantitative estimate of drug-likeness (QED) is 0.883. The summed E-state index contributed by atoms with van der Waals surface area (Å²) in [7, 11) is 2.03. The fraction of sp³-hybridized carbons (Fsp3) is 0.400. The van der Waals surface area contributed by atoms with Crippen molar-refractivity contribution in [3.63, 3.8) is 0 Å². The maximum Gasteiger partial charge on any atom is 0.120 e. The minimum absolute atomic E-state index is 0.364. The van der Waals surface area contributed by atoms with Gasteiger partial charge in [-0.3, -0.25) is 0 Å². The Morgan fingerprint density at radius 3 is 2.77 bits per heavy atom. The van der Waals surface area contributed by atoms with Gasteiger partial charge in [0.1, 0.15) is 5.75 Å². The molecule has 0 aliphatic heterocycles. The van der Waals surface area contributed by atoms with Crippen molar-refractivity contribution in [2.75, 3.05) is 13.6 Å². The molecular formula is C10H14BrNO. The Morgan fingerprint density at radius 2 is 2.15 bits per heavy atom. The van der Waals surface area contributed by atoms with E-state index in [1.54, 1.807) is 6.07 Å². The maximum absolute atomic E-state index is 9.53. The highest BCUT2D eigenvalue weighted by Crippen LogP contribution is 2.22. The monoisotopic (exact) mass is 243 g/mol. The molecule has 0 aromatic heterocycles. The number of benzene rings is 1. The summed E-state index contributed by atoms with van der Waals surface area (Å²) in [4.78, 5) is 2.14. The van der Waals surface area contributed by atoms with Crippen LogP contribution in [-0.4, -0.2) is 23.6 Å². The van der Waals surface area contributed by atoms with Crippen molar-refractivity contribution in [2.24, 2.45) is 0 Å². The third kappa shape index (κ3) is 3.01. The largest absolute Gasteiger partial charge is 0.508 e. The first-order valence-corrected chi connectivity index (χ1v) is 5.08. The standard InChI is InChI=1S/C10H14BrNO/c1-3-12(2)7-8-6-9(11)4-5-10(8)13/h4-6,13H,3,7H2,1-2H3. The van der Waals surface area contributed by atoms with Gasteiger partial charge in [0.05, 0.1) is 0 Å². The highest BCUT2D eigenvalue weighted by atomic mass is 79.9. The van der Waals surface area contributed by atoms with Crippen LogP contribution in [0.25, 0.3) is 0 Å². The molecule has 1 aromatic carbocycles. The van der Waals surface area contributed by atoms with Crippen LogP contribution < -0.4 is 0 Å². The van der Waals surface area contributed by atoms with Crippen LogP contribution in [0.3, 0.4) is 0 Å². The number of hydrogen-bond acceptors (Lipinski definition) is 2. The molecule has 2 nitrogen and oxygen atoms in total. The van der Waals surface area contributed by atoms with Crippen LogP contribution in [0.5, 0.6) is 5.75 Å². The Bertz CT molecular complexity index is 288. The predicted molar refractivity (Wildman–Crippen MR) is 57.8 cm³/mol. The van der Waals surface area contributed by atoms with E-state index in [9.17, 15) is 5.11 Å². The van der Waals surface area contributed by atoms with E-state index < -0.39 is 0 Å². The van der Waals surface area contributed by atoms with Gasteiger partial charge in [-0.1, -0.05) is 22.9 Å². The van der Waals surface area contributed by atoms with Gasteiger partial charge in [0.15, 0.2) is 0 Å². The van der Waals surface area contributed by atoms with E-state index in [1.807, 2.05) is 19.2 Å². The lowest BCUT2D eigenvalue weighted by Gasteiger charge is -2.14. The second-order valence-corrected chi connectivity index (χ2v) is 4.02. The zero-order chi connectivity index (χ0) is 9.84. The average Bonchev–Trinajstić information content (AvgIpc) is 2.11. The first kappa shape index (κ1) is 10.5. The summed E-state index contributed by atoms with van der Waals surface area (Å²) in [6.07, 6.45) is 0. The van der Waals surface area contributed by atoms with Crippen molar-refractivity contribution in [1.82, 2.24) is 4.90 Å². The van der Waals surface area contributed by atoms with E-state index in [0.29, 0.717) is 5.75 Å². The molecule has 0 saturated heterocycles. The number of hydrogen-bond donors (Lipinski definition) is 1. The predicted octanol–water partition coefficient (Wildman–Crippen LogP) is 2.61. The molecule has 0 fully saturated rings. The molecule has 13 heavy (non-hydrogen) atoms. The summed E-state index contributed by atoms with van der Waals surface area (Å²) in [5, 5.41) is 9.53. The Morgan fingerprint density at radius 1 is 1.46 bits per heavy atom. The molecule has 72 valence electrons. The van der Waals surface area contributed by atoms with Crippen molar-refractivity contribution in [1.29, 1.82) is 0 Å². The second kappa shape index (κ2) is 4.63. The summed E-state index contributed by atoms with van der Waals surface area (Å²) in [6, 6.07) is 5.50. The molecule has 0 unspecified atom stereocenters. The van der Waals surface area contributed by atoms with E-state index in [1.165, 1.54) is 0 Å². The minimum atomic E-state index is 0.364. The molecule has 1 rings (SSSR count). The summed E-state index contributed by atoms with van der Waals surface area (Å²) in [5.74, 6) is 0.364. The van der Waals surface area contributed by atoms with Crippen LogP contribution in [0, 0.1) is 0 Å². The molecule has 0 heterocycles. The smallest absolute Gasteiger partial charge is 0.120 e. The third-order valence-corrected chi connectivity index (χ3v) is 2.51. The summed E-state index contributed by atoms with van der Waals surface area (Å²) in [6.45, 7) is 3.85. The molecule has 0 spiro atoms. The fourth-order valence-corrected chi connectivity index (χ4v) is 1.49. The number of nitrogens with zero attached hydrogens (tertiary/aromatic N) is 1. The normalized spacial score (nSPS) is 10.8. The molecule has 1 aromatic rings. The lowest BCUT2D eigenvalue weighted by molar-refractivity contribution is 0.337. The fourth-order valence-electron chi connectivity index (χ4n) is 1.08. The molecule has 0 aliphatic carbocycles. The topological polar surface area (TPSA) is 23.5 Å². The molecule has 0 amide bonds. The van der Waals surface area contributed by atoms with E-state index in [-0.39, 0.29) is 0 Å². The highest BCUT2D eigenvalue weighted by Gasteiger charge is 2.03. The maximum atomic E-state index is 9.53. The molecular weight excluding hydrogens is 230 g/mol. The van der Waals surface area contributed by atoms with Crippen LogP contribution in [0.4, 0.5) is 0 Å². The number of phenolic OH excluding ortho intramolecular Hbond substituents is 1. The number of phenols is 1. The van der Waals surface area contributed by atoms with Crippen molar-refractivity contribution in [2.45, 2.75) is 13.5 Å². The molecule has 0 bridgehead atoms. The van der Waals surface area contributed by atoms with Gasteiger partial charge in [0.25, 0.3) is 0 Å². The molecule has 0 atom stereocenters. The van der Waals surface area contributed by atoms with Gasteiger partial charge in [0.2, 0.25) is 0 Å². The summed E-state index contributed by atoms with van der Waals surface area (Å²) in [5.41, 5.74) is 0.957. The molecule has 0 aliphatic rings. The van der Waals surface area contributed by atoms with Crippen LogP contribution in [0.15, 0.2) is 22.7 Å². The SMILES string of the molecule is CCN(C)Cc1cc(Br)ccc1O. The Labute approximate surface area is 87.3 Å². The van der Waals surface area contributed by atoms with Crippen LogP contribution in [0.2, 0.25) is 0 Å². The Balaban J connectivity index is 2.81. The van der Waals surface area contributed by atoms with Gasteiger partial charge in [-0.25, -0.2) is 0 Å². The van der Waals surface area contributed by atoms with Crippen molar-refractivity contribution in [3.05, 3.63) is 28.2 Å². The van der Waals surface area contributed by atoms with E-state index in [2.05, 4.69) is 27.8 Å². The zero-order valence-electron chi connectivity index (χ0n) is 7.92. The third-order valence-electron chi connectivity index (χ3n) is 2.02. The minimum Gasteiger partial charge on any atom is -0.508 e. The summed E-state index contributed by atoms with van der Waals surface area (Å²) < 4.78 is 1.00. The molecule has 1 N–H and O–H groups in total. The van der Waals surface area contributed by atoms with E-state index in [0.717, 1.165) is 23.1 Å². The lowest BCUT2D eigenvalue weighted by Crippen LogP contribution is -2.16. The highest BCUT2D eigenvalue weighted by molar-refractivity contribution is 9.10. The number of rotatable bonds is 3. The Kier molecular flexibility index (Phi) is 3.75. The summed E-state index contributed by atoms with van der Waals surface area (Å²) >= 11 is 3.38. The van der Waals surface area contributed by atoms with Crippen LogP contribution in [0.1, 0.15) is 12.5 Å². The van der Waals surface area contributed by atoms with Gasteiger partial charge in [-0.2, -0.15) is 0 Å². The van der Waals surface area contributed by atoms with Gasteiger partial charge in [0, 0.05) is 16.6 Å². The number of halogens is 1. The lowest BCUT2D eigenvalue weighted by atomic mass is 10.2. The molecule has 0 radical (unpaired) electrons. The first-order chi connectivity index (χ1) is 6.13. The molecule has 3 heteroatoms. The van der Waals surface area contributed by atoms with Crippen molar-refractivity contribution < 1.29 is 5.11 Å². The molecule has 0 saturated carbocycles. The van der Waals surface area contributed by atoms with Gasteiger partial charge >= 0.3 is 0 Å². The van der Waals surface area contributed by atoms with Crippen molar-refractivity contribution in [3.8, 4) is 5.75 Å². The van der Waals surface area contributed by atoms with Crippen LogP contribution >= 0.6 is 15.9 Å². The van der Waals surface area contributed by atoms with Gasteiger partial charge < -0.3 is 10.0 Å². The number of aromatic hydroxyl groups is 1. The average molecular weight is 244 g/mol. The van der Waals surface area contributed by atoms with Gasteiger partial charge in [-0.05, 0) is 31.8 Å².